The number of benzene rings is 3. The lowest BCUT2D eigenvalue weighted by Crippen LogP contribution is -2.52. The molecule has 0 spiro atoms. The minimum atomic E-state index is -0.265. The molecule has 0 unspecified atom stereocenters. The van der Waals surface area contributed by atoms with E-state index >= 15 is 0 Å². The number of anilines is 1. The summed E-state index contributed by atoms with van der Waals surface area (Å²) in [5, 5.41) is 4.58. The first kappa shape index (κ1) is 27.7. The Morgan fingerprint density at radius 1 is 1.00 bits per heavy atom. The van der Waals surface area contributed by atoms with Gasteiger partial charge in [0.2, 0.25) is 5.91 Å². The maximum atomic E-state index is 13.6. The molecule has 0 saturated heterocycles. The van der Waals surface area contributed by atoms with Crippen molar-refractivity contribution in [2.24, 2.45) is 5.92 Å². The highest BCUT2D eigenvalue weighted by Crippen LogP contribution is 2.35. The molecule has 0 radical (unpaired) electrons. The minimum absolute atomic E-state index is 0.0659. The van der Waals surface area contributed by atoms with Gasteiger partial charge in [0.05, 0.1) is 18.2 Å². The average molecular weight is 536 g/mol. The predicted octanol–water partition coefficient (Wildman–Crippen LogP) is 6.51. The number of likely N-dealkylation sites (N-methyl/N-ethyl adjacent to an activating group) is 1. The number of nitrogens with zero attached hydrogens (tertiary/aromatic N) is 2. The van der Waals surface area contributed by atoms with Crippen molar-refractivity contribution in [3.05, 3.63) is 108 Å². The Bertz CT molecular complexity index is 1430. The summed E-state index contributed by atoms with van der Waals surface area (Å²) in [6, 6.07) is 27.0. The Morgan fingerprint density at radius 3 is 2.50 bits per heavy atom. The molecule has 3 aromatic carbocycles. The second kappa shape index (κ2) is 13.0. The molecule has 2 heterocycles. The lowest BCUT2D eigenvalue weighted by Gasteiger charge is -2.32. The molecule has 40 heavy (non-hydrogen) atoms. The molecule has 5 heteroatoms. The van der Waals surface area contributed by atoms with Gasteiger partial charge in [0, 0.05) is 37.5 Å². The fourth-order valence-corrected chi connectivity index (χ4v) is 5.91. The number of carbonyl (C=O) groups excluding carboxylic acids is 1. The molecule has 208 valence electrons. The molecule has 0 bridgehead atoms. The fourth-order valence-electron chi connectivity index (χ4n) is 5.91. The van der Waals surface area contributed by atoms with E-state index in [9.17, 15) is 4.79 Å². The molecule has 1 amide bonds. The van der Waals surface area contributed by atoms with Crippen LogP contribution in [0.4, 0.5) is 5.69 Å². The Balaban J connectivity index is 1.39. The number of nitrogens with one attached hydrogen (secondary N) is 1. The Kier molecular flexibility index (Phi) is 9.02. The highest BCUT2D eigenvalue weighted by molar-refractivity contribution is 5.98. The molecule has 2 atom stereocenters. The first-order valence-electron chi connectivity index (χ1n) is 14.5. The Hall–Kier alpha value is -3.83. The lowest BCUT2D eigenvalue weighted by molar-refractivity contribution is -0.124. The van der Waals surface area contributed by atoms with Crippen molar-refractivity contribution in [3.63, 3.8) is 0 Å². The van der Waals surface area contributed by atoms with Crippen molar-refractivity contribution < 1.29 is 9.53 Å². The van der Waals surface area contributed by atoms with Gasteiger partial charge in [-0.25, -0.2) is 0 Å². The Morgan fingerprint density at radius 2 is 1.75 bits per heavy atom. The quantitative estimate of drug-likeness (QED) is 0.236. The monoisotopic (exact) mass is 535 g/mol. The van der Waals surface area contributed by atoms with Crippen LogP contribution in [0, 0.1) is 5.92 Å². The van der Waals surface area contributed by atoms with E-state index in [1.165, 1.54) is 27.6 Å². The SMILES string of the molecule is CC(C)[C@H]1C(=O)N[C@H](COCCCc2ccccc2)Cc2cn(C/C=C/c3ccccc3)c3cccc(c23)N1C. The van der Waals surface area contributed by atoms with Crippen LogP contribution in [0.15, 0.2) is 91.1 Å². The van der Waals surface area contributed by atoms with Crippen molar-refractivity contribution in [2.45, 2.75) is 51.7 Å². The minimum Gasteiger partial charge on any atom is -0.379 e. The summed E-state index contributed by atoms with van der Waals surface area (Å²) in [4.78, 5) is 15.7. The summed E-state index contributed by atoms with van der Waals surface area (Å²) in [7, 11) is 2.05. The van der Waals surface area contributed by atoms with Gasteiger partial charge in [-0.15, -0.1) is 0 Å². The van der Waals surface area contributed by atoms with Crippen molar-refractivity contribution in [3.8, 4) is 0 Å². The normalized spacial score (nSPS) is 17.7. The Labute approximate surface area is 238 Å². The van der Waals surface area contributed by atoms with Gasteiger partial charge < -0.3 is 19.5 Å². The third-order valence-electron chi connectivity index (χ3n) is 7.80. The number of aromatic nitrogens is 1. The zero-order valence-electron chi connectivity index (χ0n) is 23.9. The molecular weight excluding hydrogens is 494 g/mol. The summed E-state index contributed by atoms with van der Waals surface area (Å²) in [6.07, 6.45) is 9.33. The van der Waals surface area contributed by atoms with Crippen molar-refractivity contribution in [1.82, 2.24) is 9.88 Å². The van der Waals surface area contributed by atoms with E-state index in [4.69, 9.17) is 4.74 Å². The highest BCUT2D eigenvalue weighted by atomic mass is 16.5. The molecule has 0 saturated carbocycles. The third-order valence-corrected chi connectivity index (χ3v) is 7.80. The first-order valence-corrected chi connectivity index (χ1v) is 14.5. The molecular formula is C35H41N3O2. The van der Waals surface area contributed by atoms with Crippen LogP contribution in [0.3, 0.4) is 0 Å². The van der Waals surface area contributed by atoms with E-state index in [1.807, 2.05) is 12.1 Å². The summed E-state index contributed by atoms with van der Waals surface area (Å²) >= 11 is 0. The number of hydrogen-bond donors (Lipinski definition) is 1. The average Bonchev–Trinajstić information content (AvgIpc) is 3.32. The van der Waals surface area contributed by atoms with E-state index in [-0.39, 0.29) is 23.9 Å². The van der Waals surface area contributed by atoms with Crippen LogP contribution in [0.5, 0.6) is 0 Å². The largest absolute Gasteiger partial charge is 0.379 e. The maximum absolute atomic E-state index is 13.6. The second-order valence-electron chi connectivity index (χ2n) is 11.2. The van der Waals surface area contributed by atoms with Crippen LogP contribution < -0.4 is 10.2 Å². The molecule has 0 aliphatic carbocycles. The molecule has 1 aromatic heterocycles. The second-order valence-corrected chi connectivity index (χ2v) is 11.2. The van der Waals surface area contributed by atoms with Crippen LogP contribution in [-0.4, -0.2) is 42.8 Å². The van der Waals surface area contributed by atoms with Crippen LogP contribution in [-0.2, 0) is 28.9 Å². The summed E-state index contributed by atoms with van der Waals surface area (Å²) in [5.74, 6) is 0.223. The molecule has 5 rings (SSSR count). The van der Waals surface area contributed by atoms with E-state index in [0.29, 0.717) is 13.2 Å². The van der Waals surface area contributed by atoms with Gasteiger partial charge in [-0.2, -0.15) is 0 Å². The maximum Gasteiger partial charge on any atom is 0.243 e. The topological polar surface area (TPSA) is 46.5 Å². The number of aryl methyl sites for hydroxylation is 1. The number of rotatable bonds is 10. The molecule has 1 aliphatic heterocycles. The number of amides is 1. The highest BCUT2D eigenvalue weighted by Gasteiger charge is 2.32. The smallest absolute Gasteiger partial charge is 0.243 e. The molecule has 1 aliphatic rings. The number of allylic oxidation sites excluding steroid dienone is 1. The van der Waals surface area contributed by atoms with Gasteiger partial charge in [-0.3, -0.25) is 4.79 Å². The zero-order chi connectivity index (χ0) is 27.9. The zero-order valence-corrected chi connectivity index (χ0v) is 23.9. The van der Waals surface area contributed by atoms with Crippen molar-refractivity contribution in [2.75, 3.05) is 25.2 Å². The molecule has 1 N–H and O–H groups in total. The number of carbonyl (C=O) groups is 1. The molecule has 5 nitrogen and oxygen atoms in total. The number of ether oxygens (including phenoxy) is 1. The van der Waals surface area contributed by atoms with E-state index < -0.39 is 0 Å². The van der Waals surface area contributed by atoms with Crippen molar-refractivity contribution in [1.29, 1.82) is 0 Å². The van der Waals surface area contributed by atoms with Gasteiger partial charge in [0.1, 0.15) is 6.04 Å². The fraction of sp³-hybridized carbons (Fsp3) is 0.343. The van der Waals surface area contributed by atoms with Crippen LogP contribution >= 0.6 is 0 Å². The third kappa shape index (κ3) is 6.48. The van der Waals surface area contributed by atoms with Gasteiger partial charge in [0.15, 0.2) is 0 Å². The van der Waals surface area contributed by atoms with E-state index in [2.05, 4.69) is 121 Å². The predicted molar refractivity (Wildman–Crippen MR) is 166 cm³/mol. The standard InChI is InChI=1S/C35H41N3O2/c1-26(2)34-35(39)36-30(25-40-22-12-18-28-15-8-5-9-16-28)23-29-24-38(21-11-17-27-13-6-4-7-14-27)32-20-10-19-31(33(29)32)37(34)3/h4-11,13-17,19-20,24,26,30,34H,12,18,21-23,25H2,1-3H3,(H,36,39)/b17-11+/t30-,34-/m0/s1. The summed E-state index contributed by atoms with van der Waals surface area (Å²) in [5.41, 5.74) is 6.06. The molecule has 4 aromatic rings. The van der Waals surface area contributed by atoms with Gasteiger partial charge in [0.25, 0.3) is 0 Å². The summed E-state index contributed by atoms with van der Waals surface area (Å²) in [6.45, 7) is 6.19. The first-order chi connectivity index (χ1) is 19.5. The van der Waals surface area contributed by atoms with Crippen molar-refractivity contribution >= 4 is 28.6 Å². The van der Waals surface area contributed by atoms with Gasteiger partial charge >= 0.3 is 0 Å². The summed E-state index contributed by atoms with van der Waals surface area (Å²) < 4.78 is 8.49. The lowest BCUT2D eigenvalue weighted by atomic mass is 10.0. The molecule has 0 fully saturated rings. The van der Waals surface area contributed by atoms with Crippen LogP contribution in [0.2, 0.25) is 0 Å². The van der Waals surface area contributed by atoms with E-state index in [0.717, 1.165) is 31.5 Å². The van der Waals surface area contributed by atoms with Crippen LogP contribution in [0.25, 0.3) is 17.0 Å². The number of hydrogen-bond acceptors (Lipinski definition) is 3. The van der Waals surface area contributed by atoms with Gasteiger partial charge in [-0.05, 0) is 54.0 Å². The van der Waals surface area contributed by atoms with Gasteiger partial charge in [-0.1, -0.05) is 92.7 Å². The van der Waals surface area contributed by atoms with E-state index in [1.54, 1.807) is 0 Å². The van der Waals surface area contributed by atoms with Crippen LogP contribution in [0.1, 0.15) is 37.0 Å².